The fraction of sp³-hybridized carbons (Fsp3) is 0.0667. The van der Waals surface area contributed by atoms with Gasteiger partial charge in [-0.2, -0.15) is 5.10 Å². The van der Waals surface area contributed by atoms with Crippen molar-refractivity contribution in [3.63, 3.8) is 0 Å². The smallest absolute Gasteiger partial charge is 0.272 e. The lowest BCUT2D eigenvalue weighted by Gasteiger charge is -2.06. The number of hydrogen-bond acceptors (Lipinski definition) is 6. The molecule has 2 rings (SSSR count). The second-order valence-corrected chi connectivity index (χ2v) is 5.94. The normalized spacial score (nSPS) is 10.7. The second-order valence-electron chi connectivity index (χ2n) is 4.67. The van der Waals surface area contributed by atoms with E-state index in [0.717, 1.165) is 6.07 Å². The minimum atomic E-state index is -0.624. The van der Waals surface area contributed by atoms with Crippen molar-refractivity contribution in [2.45, 2.75) is 0 Å². The number of amides is 1. The van der Waals surface area contributed by atoms with Gasteiger partial charge in [0.05, 0.1) is 33.3 Å². The van der Waals surface area contributed by atoms with E-state index in [-0.39, 0.29) is 27.8 Å². The van der Waals surface area contributed by atoms with Crippen LogP contribution in [0.1, 0.15) is 15.9 Å². The van der Waals surface area contributed by atoms with Gasteiger partial charge >= 0.3 is 0 Å². The van der Waals surface area contributed by atoms with Crippen molar-refractivity contribution in [2.24, 2.45) is 5.10 Å². The number of hydrazone groups is 1. The first-order valence-electron chi connectivity index (χ1n) is 6.67. The molecule has 0 aromatic heterocycles. The van der Waals surface area contributed by atoms with Crippen molar-refractivity contribution in [1.29, 1.82) is 0 Å². The third kappa shape index (κ3) is 4.46. The van der Waals surface area contributed by atoms with Gasteiger partial charge in [-0.25, -0.2) is 5.43 Å². The lowest BCUT2D eigenvalue weighted by Crippen LogP contribution is -2.18. The van der Waals surface area contributed by atoms with Crippen LogP contribution in [0.15, 0.2) is 39.9 Å². The number of benzene rings is 2. The van der Waals surface area contributed by atoms with E-state index in [9.17, 15) is 20.0 Å². The summed E-state index contributed by atoms with van der Waals surface area (Å²) in [6, 6.07) is 6.60. The Hall–Kier alpha value is -2.65. The summed E-state index contributed by atoms with van der Waals surface area (Å²) in [5.74, 6) is -0.442. The van der Waals surface area contributed by atoms with E-state index in [4.69, 9.17) is 16.3 Å². The number of rotatable bonds is 5. The maximum Gasteiger partial charge on any atom is 0.272 e. The predicted octanol–water partition coefficient (Wildman–Crippen LogP) is 3.49. The highest BCUT2D eigenvalue weighted by atomic mass is 79.9. The van der Waals surface area contributed by atoms with E-state index < -0.39 is 10.8 Å². The summed E-state index contributed by atoms with van der Waals surface area (Å²) in [5, 5.41) is 24.1. The molecule has 2 N–H and O–H groups in total. The number of non-ortho nitro benzene ring substituents is 1. The zero-order chi connectivity index (χ0) is 18.6. The Morgan fingerprint density at radius 1 is 1.44 bits per heavy atom. The molecule has 8 nitrogen and oxygen atoms in total. The molecule has 0 spiro atoms. The molecule has 1 amide bonds. The Labute approximate surface area is 155 Å². The van der Waals surface area contributed by atoms with Crippen molar-refractivity contribution < 1.29 is 19.6 Å². The Morgan fingerprint density at radius 3 is 2.76 bits per heavy atom. The number of methoxy groups -OCH3 is 1. The number of ether oxygens (including phenoxy) is 1. The van der Waals surface area contributed by atoms with Crippen molar-refractivity contribution in [3.8, 4) is 11.5 Å². The first-order valence-corrected chi connectivity index (χ1v) is 7.84. The van der Waals surface area contributed by atoms with Crippen LogP contribution >= 0.6 is 27.5 Å². The number of nitrogens with one attached hydrogen (secondary N) is 1. The topological polar surface area (TPSA) is 114 Å². The van der Waals surface area contributed by atoms with Gasteiger partial charge in [0.15, 0.2) is 11.5 Å². The molecule has 130 valence electrons. The molecular weight excluding hydrogens is 418 g/mol. The van der Waals surface area contributed by atoms with Crippen LogP contribution in [0.25, 0.3) is 0 Å². The van der Waals surface area contributed by atoms with Gasteiger partial charge in [0.1, 0.15) is 0 Å². The molecule has 0 unspecified atom stereocenters. The molecule has 0 aliphatic rings. The van der Waals surface area contributed by atoms with Gasteiger partial charge in [-0.1, -0.05) is 11.6 Å². The zero-order valence-corrected chi connectivity index (χ0v) is 15.0. The minimum absolute atomic E-state index is 0.0499. The first-order chi connectivity index (χ1) is 11.8. The number of aromatic hydroxyl groups is 1. The molecule has 0 fully saturated rings. The molecular formula is C15H11BrClN3O5. The van der Waals surface area contributed by atoms with Gasteiger partial charge in [-0.15, -0.1) is 0 Å². The molecule has 0 atom stereocenters. The average Bonchev–Trinajstić information content (AvgIpc) is 2.57. The highest BCUT2D eigenvalue weighted by molar-refractivity contribution is 9.10. The highest BCUT2D eigenvalue weighted by Gasteiger charge is 2.14. The van der Waals surface area contributed by atoms with E-state index in [1.54, 1.807) is 6.07 Å². The van der Waals surface area contributed by atoms with Crippen LogP contribution in [-0.4, -0.2) is 29.3 Å². The standard InChI is InChI=1S/C15H11BrClN3O5/c1-25-13-5-8(4-11(16)14(13)21)7-18-19-15(22)10-3-2-9(20(23)24)6-12(10)17/h2-7,21H,1H3,(H,19,22)/b18-7-. The van der Waals surface area contributed by atoms with Crippen LogP contribution in [0.5, 0.6) is 11.5 Å². The predicted molar refractivity (Wildman–Crippen MR) is 95.5 cm³/mol. The van der Waals surface area contributed by atoms with E-state index in [1.807, 2.05) is 0 Å². The van der Waals surface area contributed by atoms with Gasteiger partial charge in [0, 0.05) is 12.1 Å². The molecule has 10 heteroatoms. The molecule has 0 aliphatic heterocycles. The van der Waals surface area contributed by atoms with E-state index in [1.165, 1.54) is 31.5 Å². The van der Waals surface area contributed by atoms with Crippen LogP contribution < -0.4 is 10.2 Å². The number of halogens is 2. The van der Waals surface area contributed by atoms with Gasteiger partial charge < -0.3 is 9.84 Å². The molecule has 0 saturated heterocycles. The molecule has 0 bridgehead atoms. The summed E-state index contributed by atoms with van der Waals surface area (Å²) in [6.07, 6.45) is 1.34. The number of phenolic OH excluding ortho intramolecular Hbond substituents is 1. The van der Waals surface area contributed by atoms with E-state index in [2.05, 4.69) is 26.5 Å². The third-order valence-electron chi connectivity index (χ3n) is 3.06. The highest BCUT2D eigenvalue weighted by Crippen LogP contribution is 2.34. The summed E-state index contributed by atoms with van der Waals surface area (Å²) in [5.41, 5.74) is 2.65. The Morgan fingerprint density at radius 2 is 2.16 bits per heavy atom. The summed E-state index contributed by atoms with van der Waals surface area (Å²) < 4.78 is 5.41. The number of phenols is 1. The first kappa shape index (κ1) is 18.7. The Balaban J connectivity index is 2.13. The number of hydrogen-bond donors (Lipinski definition) is 2. The van der Waals surface area contributed by atoms with Gasteiger partial charge in [0.25, 0.3) is 11.6 Å². The summed E-state index contributed by atoms with van der Waals surface area (Å²) in [7, 11) is 1.40. The summed E-state index contributed by atoms with van der Waals surface area (Å²) in [6.45, 7) is 0. The molecule has 25 heavy (non-hydrogen) atoms. The average molecular weight is 429 g/mol. The lowest BCUT2D eigenvalue weighted by molar-refractivity contribution is -0.384. The zero-order valence-electron chi connectivity index (χ0n) is 12.7. The molecule has 2 aromatic carbocycles. The van der Waals surface area contributed by atoms with Crippen LogP contribution in [-0.2, 0) is 0 Å². The van der Waals surface area contributed by atoms with Crippen LogP contribution in [0.4, 0.5) is 5.69 Å². The van der Waals surface area contributed by atoms with Gasteiger partial charge in [-0.3, -0.25) is 14.9 Å². The molecule has 0 heterocycles. The fourth-order valence-electron chi connectivity index (χ4n) is 1.85. The quantitative estimate of drug-likeness (QED) is 0.430. The number of nitro groups is 1. The number of carbonyl (C=O) groups excluding carboxylic acids is 1. The third-order valence-corrected chi connectivity index (χ3v) is 3.98. The maximum absolute atomic E-state index is 12.0. The lowest BCUT2D eigenvalue weighted by atomic mass is 10.2. The van der Waals surface area contributed by atoms with Gasteiger partial charge in [-0.05, 0) is 39.7 Å². The van der Waals surface area contributed by atoms with Crippen LogP contribution in [0.2, 0.25) is 5.02 Å². The Kier molecular flexibility index (Phi) is 5.94. The molecule has 0 radical (unpaired) electrons. The van der Waals surface area contributed by atoms with Crippen LogP contribution in [0.3, 0.4) is 0 Å². The minimum Gasteiger partial charge on any atom is -0.503 e. The maximum atomic E-state index is 12.0. The van der Waals surface area contributed by atoms with Crippen molar-refractivity contribution in [1.82, 2.24) is 5.43 Å². The van der Waals surface area contributed by atoms with Crippen LogP contribution in [0, 0.1) is 10.1 Å². The van der Waals surface area contributed by atoms with Gasteiger partial charge in [0.2, 0.25) is 0 Å². The van der Waals surface area contributed by atoms with E-state index >= 15 is 0 Å². The fourth-order valence-corrected chi connectivity index (χ4v) is 2.57. The van der Waals surface area contributed by atoms with Crippen molar-refractivity contribution in [2.75, 3.05) is 7.11 Å². The second kappa shape index (κ2) is 7.95. The van der Waals surface area contributed by atoms with E-state index in [0.29, 0.717) is 10.0 Å². The molecule has 2 aromatic rings. The number of nitrogens with zero attached hydrogens (tertiary/aromatic N) is 2. The largest absolute Gasteiger partial charge is 0.503 e. The number of nitro benzene ring substituents is 1. The monoisotopic (exact) mass is 427 g/mol. The van der Waals surface area contributed by atoms with Crippen molar-refractivity contribution in [3.05, 3.63) is 61.1 Å². The molecule has 0 saturated carbocycles. The summed E-state index contributed by atoms with van der Waals surface area (Å²) in [4.78, 5) is 22.1. The Bertz CT molecular complexity index is 872. The molecule has 0 aliphatic carbocycles. The van der Waals surface area contributed by atoms with Crippen molar-refractivity contribution >= 4 is 45.3 Å². The SMILES string of the molecule is COc1cc(/C=N\NC(=O)c2ccc([N+](=O)[O-])cc2Cl)cc(Br)c1O. The summed E-state index contributed by atoms with van der Waals surface area (Å²) >= 11 is 9.05. The number of carbonyl (C=O) groups is 1.